The van der Waals surface area contributed by atoms with E-state index < -0.39 is 27.4 Å². The summed E-state index contributed by atoms with van der Waals surface area (Å²) in [5.74, 6) is -1.03. The van der Waals surface area contributed by atoms with E-state index in [0.717, 1.165) is 11.1 Å². The van der Waals surface area contributed by atoms with E-state index in [1.807, 2.05) is 40.7 Å². The van der Waals surface area contributed by atoms with Crippen LogP contribution < -0.4 is 4.72 Å². The highest BCUT2D eigenvalue weighted by molar-refractivity contribution is 7.89. The average molecular weight is 313 g/mol. The standard InChI is InChI=1S/C15H23NO4S/c1-10-6-11(2)8-12(7-10)21(19,20)16-13(9-14(17)18)15(3,4)5/h6-8,13,16H,9H2,1-5H3,(H,17,18). The molecule has 1 atom stereocenters. The van der Waals surface area contributed by atoms with Gasteiger partial charge in [0, 0.05) is 6.04 Å². The minimum atomic E-state index is -3.75. The maximum absolute atomic E-state index is 12.5. The quantitative estimate of drug-likeness (QED) is 0.874. The number of nitrogens with one attached hydrogen (secondary N) is 1. The molecule has 0 aromatic heterocycles. The number of carboxylic acids is 1. The van der Waals surface area contributed by atoms with Crippen molar-refractivity contribution in [2.24, 2.45) is 5.41 Å². The van der Waals surface area contributed by atoms with Crippen molar-refractivity contribution in [3.63, 3.8) is 0 Å². The lowest BCUT2D eigenvalue weighted by Crippen LogP contribution is -2.44. The van der Waals surface area contributed by atoms with Crippen molar-refractivity contribution >= 4 is 16.0 Å². The molecule has 21 heavy (non-hydrogen) atoms. The molecule has 118 valence electrons. The van der Waals surface area contributed by atoms with Crippen LogP contribution in [-0.2, 0) is 14.8 Å². The summed E-state index contributed by atoms with van der Waals surface area (Å²) in [4.78, 5) is 11.1. The number of hydrogen-bond donors (Lipinski definition) is 2. The predicted octanol–water partition coefficient (Wildman–Crippen LogP) is 2.47. The highest BCUT2D eigenvalue weighted by atomic mass is 32.2. The number of hydrogen-bond acceptors (Lipinski definition) is 3. The molecule has 0 bridgehead atoms. The van der Waals surface area contributed by atoms with Crippen molar-refractivity contribution in [1.29, 1.82) is 0 Å². The highest BCUT2D eigenvalue weighted by Gasteiger charge is 2.31. The van der Waals surface area contributed by atoms with Gasteiger partial charge in [0.1, 0.15) is 0 Å². The lowest BCUT2D eigenvalue weighted by molar-refractivity contribution is -0.138. The zero-order valence-electron chi connectivity index (χ0n) is 13.1. The molecule has 2 N–H and O–H groups in total. The van der Waals surface area contributed by atoms with Crippen LogP contribution in [0.15, 0.2) is 23.1 Å². The normalized spacial score (nSPS) is 14.0. The SMILES string of the molecule is Cc1cc(C)cc(S(=O)(=O)NC(CC(=O)O)C(C)(C)C)c1. The van der Waals surface area contributed by atoms with Crippen LogP contribution in [0.1, 0.15) is 38.3 Å². The minimum Gasteiger partial charge on any atom is -0.481 e. The Hall–Kier alpha value is -1.40. The smallest absolute Gasteiger partial charge is 0.304 e. The second kappa shape index (κ2) is 6.15. The second-order valence-electron chi connectivity index (χ2n) is 6.46. The lowest BCUT2D eigenvalue weighted by Gasteiger charge is -2.30. The molecular weight excluding hydrogens is 290 g/mol. The number of sulfonamides is 1. The summed E-state index contributed by atoms with van der Waals surface area (Å²) in [7, 11) is -3.75. The van der Waals surface area contributed by atoms with Gasteiger partial charge in [-0.05, 0) is 42.5 Å². The number of benzene rings is 1. The van der Waals surface area contributed by atoms with Gasteiger partial charge in [-0.3, -0.25) is 4.79 Å². The van der Waals surface area contributed by atoms with E-state index in [1.165, 1.54) is 0 Å². The first-order valence-electron chi connectivity index (χ1n) is 6.74. The Bertz CT molecular complexity index is 609. The van der Waals surface area contributed by atoms with Crippen LogP contribution in [0, 0.1) is 19.3 Å². The van der Waals surface area contributed by atoms with Gasteiger partial charge >= 0.3 is 5.97 Å². The number of aliphatic carboxylic acids is 1. The van der Waals surface area contributed by atoms with Crippen molar-refractivity contribution in [2.75, 3.05) is 0 Å². The molecule has 0 aliphatic heterocycles. The Morgan fingerprint density at radius 2 is 1.67 bits per heavy atom. The van der Waals surface area contributed by atoms with Gasteiger partial charge in [0.05, 0.1) is 11.3 Å². The molecule has 0 amide bonds. The van der Waals surface area contributed by atoms with E-state index >= 15 is 0 Å². The maximum atomic E-state index is 12.5. The van der Waals surface area contributed by atoms with Crippen LogP contribution in [0.5, 0.6) is 0 Å². The summed E-state index contributed by atoms with van der Waals surface area (Å²) in [5, 5.41) is 8.97. The fourth-order valence-electron chi connectivity index (χ4n) is 2.04. The Balaban J connectivity index is 3.14. The van der Waals surface area contributed by atoms with E-state index in [0.29, 0.717) is 0 Å². The first-order chi connectivity index (χ1) is 9.41. The van der Waals surface area contributed by atoms with Gasteiger partial charge < -0.3 is 5.11 Å². The molecule has 1 aromatic rings. The molecule has 0 saturated carbocycles. The molecule has 0 radical (unpaired) electrons. The van der Waals surface area contributed by atoms with E-state index in [1.54, 1.807) is 12.1 Å². The predicted molar refractivity (Wildman–Crippen MR) is 81.7 cm³/mol. The van der Waals surface area contributed by atoms with Gasteiger partial charge in [-0.25, -0.2) is 13.1 Å². The fourth-order valence-corrected chi connectivity index (χ4v) is 3.67. The first kappa shape index (κ1) is 17.7. The fraction of sp³-hybridized carbons (Fsp3) is 0.533. The van der Waals surface area contributed by atoms with Gasteiger partial charge in [0.25, 0.3) is 0 Å². The monoisotopic (exact) mass is 313 g/mol. The van der Waals surface area contributed by atoms with Crippen molar-refractivity contribution in [1.82, 2.24) is 4.72 Å². The number of carboxylic acid groups (broad SMARTS) is 1. The van der Waals surface area contributed by atoms with Crippen LogP contribution in [-0.4, -0.2) is 25.5 Å². The third-order valence-electron chi connectivity index (χ3n) is 3.23. The van der Waals surface area contributed by atoms with Crippen molar-refractivity contribution in [3.8, 4) is 0 Å². The number of aryl methyl sites for hydroxylation is 2. The van der Waals surface area contributed by atoms with Gasteiger partial charge in [0.15, 0.2) is 0 Å². The van der Waals surface area contributed by atoms with Crippen molar-refractivity contribution < 1.29 is 18.3 Å². The van der Waals surface area contributed by atoms with Gasteiger partial charge in [-0.1, -0.05) is 26.8 Å². The van der Waals surface area contributed by atoms with Crippen LogP contribution in [0.2, 0.25) is 0 Å². The van der Waals surface area contributed by atoms with E-state index in [9.17, 15) is 13.2 Å². The summed E-state index contributed by atoms with van der Waals surface area (Å²) in [6.45, 7) is 9.08. The van der Waals surface area contributed by atoms with E-state index in [-0.39, 0.29) is 11.3 Å². The summed E-state index contributed by atoms with van der Waals surface area (Å²) in [5.41, 5.74) is 1.20. The molecule has 0 saturated heterocycles. The van der Waals surface area contributed by atoms with E-state index in [4.69, 9.17) is 5.11 Å². The van der Waals surface area contributed by atoms with Crippen molar-refractivity contribution in [3.05, 3.63) is 29.3 Å². The summed E-state index contributed by atoms with van der Waals surface area (Å²) in [6.07, 6.45) is -0.256. The third-order valence-corrected chi connectivity index (χ3v) is 4.68. The molecule has 0 fully saturated rings. The molecule has 1 unspecified atom stereocenters. The molecule has 0 aliphatic rings. The number of carbonyl (C=O) groups is 1. The van der Waals surface area contributed by atoms with Crippen LogP contribution >= 0.6 is 0 Å². The topological polar surface area (TPSA) is 83.5 Å². The summed E-state index contributed by atoms with van der Waals surface area (Å²) in [6, 6.07) is 4.36. The summed E-state index contributed by atoms with van der Waals surface area (Å²) >= 11 is 0. The van der Waals surface area contributed by atoms with Gasteiger partial charge in [-0.2, -0.15) is 0 Å². The first-order valence-corrected chi connectivity index (χ1v) is 8.22. The van der Waals surface area contributed by atoms with E-state index in [2.05, 4.69) is 4.72 Å². The molecule has 6 heteroatoms. The zero-order valence-corrected chi connectivity index (χ0v) is 13.9. The third kappa shape index (κ3) is 5.13. The Morgan fingerprint density at radius 3 is 2.05 bits per heavy atom. The molecule has 1 rings (SSSR count). The zero-order chi connectivity index (χ0) is 16.4. The molecular formula is C15H23NO4S. The number of rotatable bonds is 5. The molecule has 5 nitrogen and oxygen atoms in total. The Kier molecular flexibility index (Phi) is 5.17. The molecule has 0 aliphatic carbocycles. The molecule has 0 spiro atoms. The average Bonchev–Trinajstić information content (AvgIpc) is 2.24. The Morgan fingerprint density at radius 1 is 1.19 bits per heavy atom. The summed E-state index contributed by atoms with van der Waals surface area (Å²) < 4.78 is 27.5. The maximum Gasteiger partial charge on any atom is 0.304 e. The molecule has 1 aromatic carbocycles. The van der Waals surface area contributed by atoms with Gasteiger partial charge in [0.2, 0.25) is 10.0 Å². The highest BCUT2D eigenvalue weighted by Crippen LogP contribution is 2.24. The molecule has 0 heterocycles. The minimum absolute atomic E-state index is 0.166. The van der Waals surface area contributed by atoms with Gasteiger partial charge in [-0.15, -0.1) is 0 Å². The van der Waals surface area contributed by atoms with Crippen LogP contribution in [0.4, 0.5) is 0 Å². The largest absolute Gasteiger partial charge is 0.481 e. The second-order valence-corrected chi connectivity index (χ2v) is 8.18. The van der Waals surface area contributed by atoms with Crippen molar-refractivity contribution in [2.45, 2.75) is 52.0 Å². The lowest BCUT2D eigenvalue weighted by atomic mass is 9.85. The van der Waals surface area contributed by atoms with Crippen LogP contribution in [0.25, 0.3) is 0 Å². The van der Waals surface area contributed by atoms with Crippen LogP contribution in [0.3, 0.4) is 0 Å². The Labute approximate surface area is 126 Å².